The van der Waals surface area contributed by atoms with E-state index in [1.807, 2.05) is 0 Å². The van der Waals surface area contributed by atoms with Crippen LogP contribution in [0.3, 0.4) is 0 Å². The van der Waals surface area contributed by atoms with Crippen LogP contribution in [0.2, 0.25) is 0 Å². The van der Waals surface area contributed by atoms with Crippen LogP contribution in [0.15, 0.2) is 18.3 Å². The number of rotatable bonds is 2. The fraction of sp³-hybridized carbons (Fsp3) is 0.545. The molecule has 1 aromatic heterocycles. The minimum absolute atomic E-state index is 0.176. The summed E-state index contributed by atoms with van der Waals surface area (Å²) in [5.74, 6) is 0. The van der Waals surface area contributed by atoms with Crippen molar-refractivity contribution < 1.29 is 13.2 Å². The highest BCUT2D eigenvalue weighted by atomic mass is 19.4. The van der Waals surface area contributed by atoms with Gasteiger partial charge in [0.25, 0.3) is 0 Å². The summed E-state index contributed by atoms with van der Waals surface area (Å²) in [6.45, 7) is 0.450. The number of aromatic nitrogens is 1. The Balaban J connectivity index is 2.26. The Morgan fingerprint density at radius 1 is 1.31 bits per heavy atom. The normalized spacial score (nSPS) is 19.2. The van der Waals surface area contributed by atoms with Crippen molar-refractivity contribution in [2.24, 2.45) is 5.73 Å². The lowest BCUT2D eigenvalue weighted by Crippen LogP contribution is -2.42. The first-order chi connectivity index (χ1) is 7.48. The Hall–Kier alpha value is -1.10. The molecular weight excluding hydrogens is 217 g/mol. The van der Waals surface area contributed by atoms with E-state index in [2.05, 4.69) is 4.98 Å². The molecule has 0 aromatic carbocycles. The second-order valence-corrected chi connectivity index (χ2v) is 4.27. The lowest BCUT2D eigenvalue weighted by atomic mass is 9.66. The topological polar surface area (TPSA) is 38.9 Å². The SMILES string of the molecule is NCC1(c2ccc(C(F)(F)F)cn2)CCC1. The van der Waals surface area contributed by atoms with Crippen molar-refractivity contribution in [2.45, 2.75) is 30.9 Å². The molecule has 0 unspecified atom stereocenters. The van der Waals surface area contributed by atoms with E-state index in [9.17, 15) is 13.2 Å². The Morgan fingerprint density at radius 2 is 2.00 bits per heavy atom. The van der Waals surface area contributed by atoms with Crippen LogP contribution in [0.4, 0.5) is 13.2 Å². The zero-order valence-corrected chi connectivity index (χ0v) is 8.72. The maximum absolute atomic E-state index is 12.3. The van der Waals surface area contributed by atoms with E-state index >= 15 is 0 Å². The van der Waals surface area contributed by atoms with E-state index in [-0.39, 0.29) is 5.41 Å². The molecule has 1 heterocycles. The standard InChI is InChI=1S/C11H13F3N2/c12-11(13,14)8-2-3-9(16-6-8)10(7-15)4-1-5-10/h2-3,6H,1,4-5,7,15H2. The quantitative estimate of drug-likeness (QED) is 0.847. The van der Waals surface area contributed by atoms with Crippen molar-refractivity contribution in [1.29, 1.82) is 0 Å². The summed E-state index contributed by atoms with van der Waals surface area (Å²) in [6, 6.07) is 2.53. The van der Waals surface area contributed by atoms with Gasteiger partial charge in [0.15, 0.2) is 0 Å². The number of pyridine rings is 1. The summed E-state index contributed by atoms with van der Waals surface area (Å²) in [6.07, 6.45) is -0.518. The first kappa shape index (κ1) is 11.4. The molecule has 16 heavy (non-hydrogen) atoms. The molecule has 1 saturated carbocycles. The number of halogens is 3. The van der Waals surface area contributed by atoms with Crippen LogP contribution in [-0.2, 0) is 11.6 Å². The van der Waals surface area contributed by atoms with Gasteiger partial charge < -0.3 is 5.73 Å². The maximum atomic E-state index is 12.3. The second kappa shape index (κ2) is 3.73. The van der Waals surface area contributed by atoms with Gasteiger partial charge in [0, 0.05) is 23.9 Å². The molecule has 0 spiro atoms. The summed E-state index contributed by atoms with van der Waals surface area (Å²) in [4.78, 5) is 3.91. The molecule has 1 aliphatic rings. The van der Waals surface area contributed by atoms with Gasteiger partial charge in [-0.15, -0.1) is 0 Å². The van der Waals surface area contributed by atoms with E-state index in [1.165, 1.54) is 6.07 Å². The molecule has 1 aliphatic carbocycles. The van der Waals surface area contributed by atoms with Crippen LogP contribution in [0.25, 0.3) is 0 Å². The molecule has 0 aliphatic heterocycles. The number of hydrogen-bond acceptors (Lipinski definition) is 2. The number of alkyl halides is 3. The monoisotopic (exact) mass is 230 g/mol. The summed E-state index contributed by atoms with van der Waals surface area (Å²) >= 11 is 0. The van der Waals surface area contributed by atoms with Crippen molar-refractivity contribution in [2.75, 3.05) is 6.54 Å². The molecule has 0 amide bonds. The highest BCUT2D eigenvalue weighted by Crippen LogP contribution is 2.42. The van der Waals surface area contributed by atoms with Crippen LogP contribution in [0.5, 0.6) is 0 Å². The van der Waals surface area contributed by atoms with E-state index in [4.69, 9.17) is 5.73 Å². The Bertz CT molecular complexity index is 360. The molecule has 2 rings (SSSR count). The Labute approximate surface area is 91.7 Å². The van der Waals surface area contributed by atoms with Crippen molar-refractivity contribution in [3.8, 4) is 0 Å². The van der Waals surface area contributed by atoms with Gasteiger partial charge in [0.2, 0.25) is 0 Å². The van der Waals surface area contributed by atoms with Crippen LogP contribution < -0.4 is 5.73 Å². The molecule has 88 valence electrons. The van der Waals surface area contributed by atoms with Crippen LogP contribution in [-0.4, -0.2) is 11.5 Å². The third-order valence-corrected chi connectivity index (χ3v) is 3.34. The first-order valence-corrected chi connectivity index (χ1v) is 5.22. The van der Waals surface area contributed by atoms with Gasteiger partial charge >= 0.3 is 6.18 Å². The maximum Gasteiger partial charge on any atom is 0.417 e. The third kappa shape index (κ3) is 1.80. The Morgan fingerprint density at radius 3 is 2.31 bits per heavy atom. The number of nitrogens with two attached hydrogens (primary N) is 1. The largest absolute Gasteiger partial charge is 0.417 e. The summed E-state index contributed by atoms with van der Waals surface area (Å²) < 4.78 is 37.0. The van der Waals surface area contributed by atoms with Crippen molar-refractivity contribution >= 4 is 0 Å². The molecule has 5 heteroatoms. The van der Waals surface area contributed by atoms with Gasteiger partial charge in [-0.2, -0.15) is 13.2 Å². The fourth-order valence-electron chi connectivity index (χ4n) is 2.04. The molecule has 1 aromatic rings. The van der Waals surface area contributed by atoms with Crippen molar-refractivity contribution in [3.05, 3.63) is 29.6 Å². The van der Waals surface area contributed by atoms with E-state index in [0.717, 1.165) is 31.5 Å². The highest BCUT2D eigenvalue weighted by molar-refractivity contribution is 5.25. The molecule has 2 N–H and O–H groups in total. The fourth-order valence-corrected chi connectivity index (χ4v) is 2.04. The zero-order valence-electron chi connectivity index (χ0n) is 8.72. The van der Waals surface area contributed by atoms with Crippen LogP contribution in [0.1, 0.15) is 30.5 Å². The lowest BCUT2D eigenvalue weighted by molar-refractivity contribution is -0.137. The smallest absolute Gasteiger partial charge is 0.330 e. The number of hydrogen-bond donors (Lipinski definition) is 1. The van der Waals surface area contributed by atoms with Gasteiger partial charge in [-0.05, 0) is 25.0 Å². The van der Waals surface area contributed by atoms with E-state index < -0.39 is 11.7 Å². The highest BCUT2D eigenvalue weighted by Gasteiger charge is 2.39. The molecular formula is C11H13F3N2. The minimum Gasteiger partial charge on any atom is -0.330 e. The van der Waals surface area contributed by atoms with Gasteiger partial charge in [0.1, 0.15) is 0 Å². The summed E-state index contributed by atoms with van der Waals surface area (Å²) in [7, 11) is 0. The van der Waals surface area contributed by atoms with Crippen molar-refractivity contribution in [1.82, 2.24) is 4.98 Å². The zero-order chi connectivity index (χ0) is 11.8. The molecule has 1 fully saturated rings. The van der Waals surface area contributed by atoms with E-state index in [1.54, 1.807) is 0 Å². The van der Waals surface area contributed by atoms with Gasteiger partial charge in [-0.25, -0.2) is 0 Å². The van der Waals surface area contributed by atoms with E-state index in [0.29, 0.717) is 12.2 Å². The average molecular weight is 230 g/mol. The molecule has 0 saturated heterocycles. The van der Waals surface area contributed by atoms with Crippen LogP contribution in [0, 0.1) is 0 Å². The van der Waals surface area contributed by atoms with Gasteiger partial charge in [0.05, 0.1) is 5.56 Å². The second-order valence-electron chi connectivity index (χ2n) is 4.27. The predicted octanol–water partition coefficient (Wildman–Crippen LogP) is 2.48. The summed E-state index contributed by atoms with van der Waals surface area (Å²) in [5, 5.41) is 0. The number of nitrogens with zero attached hydrogens (tertiary/aromatic N) is 1. The lowest BCUT2D eigenvalue weighted by Gasteiger charge is -2.40. The summed E-state index contributed by atoms with van der Waals surface area (Å²) in [5.41, 5.74) is 5.47. The average Bonchev–Trinajstić information content (AvgIpc) is 2.16. The third-order valence-electron chi connectivity index (χ3n) is 3.34. The predicted molar refractivity (Wildman–Crippen MR) is 53.8 cm³/mol. The Kier molecular flexibility index (Phi) is 2.66. The van der Waals surface area contributed by atoms with Crippen LogP contribution >= 0.6 is 0 Å². The van der Waals surface area contributed by atoms with Crippen molar-refractivity contribution in [3.63, 3.8) is 0 Å². The molecule has 0 bridgehead atoms. The molecule has 0 radical (unpaired) electrons. The molecule has 0 atom stereocenters. The minimum atomic E-state index is -4.32. The van der Waals surface area contributed by atoms with Gasteiger partial charge in [-0.1, -0.05) is 6.42 Å². The van der Waals surface area contributed by atoms with Gasteiger partial charge in [-0.3, -0.25) is 4.98 Å². The molecule has 2 nitrogen and oxygen atoms in total. The first-order valence-electron chi connectivity index (χ1n) is 5.22.